The van der Waals surface area contributed by atoms with Crippen molar-refractivity contribution in [1.82, 2.24) is 15.2 Å². The van der Waals surface area contributed by atoms with E-state index < -0.39 is 0 Å². The molecule has 1 N–H and O–H groups in total. The lowest BCUT2D eigenvalue weighted by Crippen LogP contribution is -2.53. The maximum Gasteiger partial charge on any atom is 0.193 e. The number of anilines is 1. The molecule has 3 aliphatic heterocycles. The summed E-state index contributed by atoms with van der Waals surface area (Å²) in [6, 6.07) is 0. The lowest BCUT2D eigenvalue weighted by molar-refractivity contribution is -0.0816. The first-order valence-electron chi connectivity index (χ1n) is 10.2. The van der Waals surface area contributed by atoms with Crippen LogP contribution in [0.5, 0.6) is 0 Å². The SMILES string of the molecule is CN=C(NCCc1csc(N2CCCC2)n1)N1CCOC(C2CCCO2)C1. The van der Waals surface area contributed by atoms with Crippen molar-refractivity contribution in [1.29, 1.82) is 0 Å². The summed E-state index contributed by atoms with van der Waals surface area (Å²) in [5.41, 5.74) is 1.17. The number of rotatable bonds is 5. The van der Waals surface area contributed by atoms with Crippen molar-refractivity contribution in [2.75, 3.05) is 57.9 Å². The third-order valence-electron chi connectivity index (χ3n) is 5.56. The molecule has 0 bridgehead atoms. The molecule has 0 amide bonds. The molecule has 0 aliphatic carbocycles. The molecule has 3 saturated heterocycles. The molecule has 27 heavy (non-hydrogen) atoms. The van der Waals surface area contributed by atoms with Crippen LogP contribution >= 0.6 is 11.3 Å². The number of nitrogens with one attached hydrogen (secondary N) is 1. The van der Waals surface area contributed by atoms with E-state index in [1.807, 2.05) is 7.05 Å². The number of morpholine rings is 1. The zero-order valence-electron chi connectivity index (χ0n) is 16.2. The van der Waals surface area contributed by atoms with Gasteiger partial charge in [0.2, 0.25) is 0 Å². The zero-order chi connectivity index (χ0) is 18.5. The quantitative estimate of drug-likeness (QED) is 0.607. The highest BCUT2D eigenvalue weighted by molar-refractivity contribution is 7.13. The minimum Gasteiger partial charge on any atom is -0.375 e. The Hall–Kier alpha value is -1.38. The summed E-state index contributed by atoms with van der Waals surface area (Å²) >= 11 is 1.77. The van der Waals surface area contributed by atoms with Crippen molar-refractivity contribution in [2.45, 2.75) is 44.3 Å². The Morgan fingerprint density at radius 2 is 2.07 bits per heavy atom. The van der Waals surface area contributed by atoms with E-state index in [4.69, 9.17) is 14.5 Å². The number of guanidine groups is 1. The molecule has 0 saturated carbocycles. The molecule has 7 nitrogen and oxygen atoms in total. The van der Waals surface area contributed by atoms with E-state index >= 15 is 0 Å². The second kappa shape index (κ2) is 9.21. The normalized spacial score (nSPS) is 26.8. The average molecular weight is 394 g/mol. The minimum absolute atomic E-state index is 0.154. The number of nitrogens with zero attached hydrogens (tertiary/aromatic N) is 4. The second-order valence-corrected chi connectivity index (χ2v) is 8.28. The number of ether oxygens (including phenoxy) is 2. The van der Waals surface area contributed by atoms with Crippen LogP contribution in [0.4, 0.5) is 5.13 Å². The van der Waals surface area contributed by atoms with Crippen molar-refractivity contribution in [2.24, 2.45) is 4.99 Å². The van der Waals surface area contributed by atoms with E-state index in [0.29, 0.717) is 0 Å². The monoisotopic (exact) mass is 393 g/mol. The molecule has 4 rings (SSSR count). The summed E-state index contributed by atoms with van der Waals surface area (Å²) in [5.74, 6) is 0.955. The van der Waals surface area contributed by atoms with Crippen molar-refractivity contribution < 1.29 is 9.47 Å². The lowest BCUT2D eigenvalue weighted by atomic mass is 10.1. The maximum absolute atomic E-state index is 5.95. The Bertz CT molecular complexity index is 625. The second-order valence-electron chi connectivity index (χ2n) is 7.45. The van der Waals surface area contributed by atoms with Gasteiger partial charge in [-0.2, -0.15) is 0 Å². The number of hydrogen-bond acceptors (Lipinski definition) is 6. The Labute approximate surface area is 165 Å². The Kier molecular flexibility index (Phi) is 6.47. The summed E-state index contributed by atoms with van der Waals surface area (Å²) < 4.78 is 11.8. The van der Waals surface area contributed by atoms with Gasteiger partial charge in [-0.15, -0.1) is 11.3 Å². The van der Waals surface area contributed by atoms with Crippen molar-refractivity contribution >= 4 is 22.4 Å². The lowest BCUT2D eigenvalue weighted by Gasteiger charge is -2.37. The van der Waals surface area contributed by atoms with Crippen LogP contribution < -0.4 is 10.2 Å². The number of aliphatic imine (C=N–C) groups is 1. The van der Waals surface area contributed by atoms with Crippen LogP contribution in [0, 0.1) is 0 Å². The topological polar surface area (TPSA) is 62.2 Å². The van der Waals surface area contributed by atoms with Crippen molar-refractivity contribution in [3.8, 4) is 0 Å². The molecule has 0 spiro atoms. The van der Waals surface area contributed by atoms with Gasteiger partial charge < -0.3 is 24.6 Å². The first-order chi connectivity index (χ1) is 13.3. The van der Waals surface area contributed by atoms with Gasteiger partial charge in [0.05, 0.1) is 18.4 Å². The fourth-order valence-electron chi connectivity index (χ4n) is 4.09. The van der Waals surface area contributed by atoms with E-state index in [1.165, 1.54) is 23.7 Å². The zero-order valence-corrected chi connectivity index (χ0v) is 17.0. The van der Waals surface area contributed by atoms with E-state index in [2.05, 4.69) is 25.5 Å². The first-order valence-corrected chi connectivity index (χ1v) is 11.1. The minimum atomic E-state index is 0.154. The maximum atomic E-state index is 5.95. The first kappa shape index (κ1) is 19.0. The molecule has 4 heterocycles. The van der Waals surface area contributed by atoms with Gasteiger partial charge in [-0.1, -0.05) is 0 Å². The van der Waals surface area contributed by atoms with Crippen LogP contribution in [0.15, 0.2) is 10.4 Å². The molecule has 2 atom stereocenters. The van der Waals surface area contributed by atoms with E-state index in [9.17, 15) is 0 Å². The molecule has 150 valence electrons. The molecule has 0 aromatic carbocycles. The van der Waals surface area contributed by atoms with Gasteiger partial charge >= 0.3 is 0 Å². The summed E-state index contributed by atoms with van der Waals surface area (Å²) in [4.78, 5) is 14.0. The van der Waals surface area contributed by atoms with Gasteiger partial charge in [-0.3, -0.25) is 4.99 Å². The van der Waals surface area contributed by atoms with E-state index in [1.54, 1.807) is 11.3 Å². The highest BCUT2D eigenvalue weighted by atomic mass is 32.1. The molecule has 8 heteroatoms. The van der Waals surface area contributed by atoms with Gasteiger partial charge in [0, 0.05) is 58.2 Å². The molecule has 2 unspecified atom stereocenters. The van der Waals surface area contributed by atoms with E-state index in [0.717, 1.165) is 71.2 Å². The molecule has 1 aromatic heterocycles. The predicted octanol–water partition coefficient (Wildman–Crippen LogP) is 1.74. The Morgan fingerprint density at radius 3 is 2.85 bits per heavy atom. The highest BCUT2D eigenvalue weighted by Crippen LogP contribution is 2.24. The number of aromatic nitrogens is 1. The van der Waals surface area contributed by atoms with Crippen LogP contribution in [-0.4, -0.2) is 81.0 Å². The molecule has 0 radical (unpaired) electrons. The van der Waals surface area contributed by atoms with Crippen LogP contribution in [0.25, 0.3) is 0 Å². The van der Waals surface area contributed by atoms with Gasteiger partial charge in [0.15, 0.2) is 11.1 Å². The fraction of sp³-hybridized carbons (Fsp3) is 0.789. The third kappa shape index (κ3) is 4.73. The standard InChI is InChI=1S/C19H31N5O2S/c1-20-18(24-10-12-26-17(13-24)16-5-4-11-25-16)21-7-6-15-14-27-19(22-15)23-8-2-3-9-23/h14,16-17H,2-13H2,1H3,(H,20,21). The van der Waals surface area contributed by atoms with Gasteiger partial charge in [-0.25, -0.2) is 4.98 Å². The summed E-state index contributed by atoms with van der Waals surface area (Å²) in [7, 11) is 1.85. The molecule has 3 fully saturated rings. The number of hydrogen-bond donors (Lipinski definition) is 1. The van der Waals surface area contributed by atoms with Crippen molar-refractivity contribution in [3.63, 3.8) is 0 Å². The third-order valence-corrected chi connectivity index (χ3v) is 6.52. The van der Waals surface area contributed by atoms with Gasteiger partial charge in [-0.05, 0) is 25.7 Å². The Morgan fingerprint density at radius 1 is 1.22 bits per heavy atom. The predicted molar refractivity (Wildman–Crippen MR) is 109 cm³/mol. The molecule has 3 aliphatic rings. The highest BCUT2D eigenvalue weighted by Gasteiger charge is 2.32. The smallest absolute Gasteiger partial charge is 0.193 e. The average Bonchev–Trinajstić information content (AvgIpc) is 3.47. The number of thiazole rings is 1. The van der Waals surface area contributed by atoms with E-state index in [-0.39, 0.29) is 12.2 Å². The van der Waals surface area contributed by atoms with Gasteiger partial charge in [0.1, 0.15) is 6.10 Å². The molecule has 1 aromatic rings. The molecular formula is C19H31N5O2S. The summed E-state index contributed by atoms with van der Waals surface area (Å²) in [5, 5.41) is 6.88. The summed E-state index contributed by atoms with van der Waals surface area (Å²) in [6.45, 7) is 6.47. The Balaban J connectivity index is 1.25. The van der Waals surface area contributed by atoms with Gasteiger partial charge in [0.25, 0.3) is 0 Å². The fourth-order valence-corrected chi connectivity index (χ4v) is 5.00. The van der Waals surface area contributed by atoms with Crippen LogP contribution in [0.1, 0.15) is 31.4 Å². The van der Waals surface area contributed by atoms with Crippen molar-refractivity contribution in [3.05, 3.63) is 11.1 Å². The van der Waals surface area contributed by atoms with Crippen LogP contribution in [0.2, 0.25) is 0 Å². The largest absolute Gasteiger partial charge is 0.375 e. The van der Waals surface area contributed by atoms with Crippen LogP contribution in [0.3, 0.4) is 0 Å². The molecular weight excluding hydrogens is 362 g/mol. The summed E-state index contributed by atoms with van der Waals surface area (Å²) in [6.07, 6.45) is 6.14. The van der Waals surface area contributed by atoms with Crippen LogP contribution in [-0.2, 0) is 15.9 Å².